The fourth-order valence-corrected chi connectivity index (χ4v) is 4.09. The van der Waals surface area contributed by atoms with Crippen LogP contribution in [0.5, 0.6) is 0 Å². The molecule has 0 amide bonds. The second-order valence-corrected chi connectivity index (χ2v) is 7.79. The summed E-state index contributed by atoms with van der Waals surface area (Å²) in [7, 11) is -3.59. The molecule has 2 rings (SSSR count). The Morgan fingerprint density at radius 1 is 1.43 bits per heavy atom. The van der Waals surface area contributed by atoms with Crippen LogP contribution in [0.15, 0.2) is 28.7 Å². The molecule has 0 radical (unpaired) electrons. The quantitative estimate of drug-likeness (QED) is 0.723. The molecule has 116 valence electrons. The number of aromatic nitrogens is 2. The molecule has 0 atom stereocenters. The minimum atomic E-state index is -3.59. The van der Waals surface area contributed by atoms with Crippen molar-refractivity contribution in [2.75, 3.05) is 6.54 Å². The summed E-state index contributed by atoms with van der Waals surface area (Å²) < 4.78 is 27.6. The maximum absolute atomic E-state index is 12.5. The molecule has 6 nitrogen and oxygen atoms in total. The second-order valence-electron chi connectivity index (χ2n) is 5.21. The van der Waals surface area contributed by atoms with E-state index in [0.717, 1.165) is 17.2 Å². The van der Waals surface area contributed by atoms with Crippen LogP contribution in [-0.2, 0) is 22.1 Å². The standard InChI is InChI=1S/C13H20N4O2S2/c1-4-14-8-10-7-11(9-16-10)21(18,19)17-13(2,3)12-15-5-6-20-12/h5-7,9,14,16-17H,4,8H2,1-3H3. The monoisotopic (exact) mass is 328 g/mol. The predicted molar refractivity (Wildman–Crippen MR) is 83.6 cm³/mol. The molecule has 0 unspecified atom stereocenters. The van der Waals surface area contributed by atoms with Crippen molar-refractivity contribution in [3.8, 4) is 0 Å². The van der Waals surface area contributed by atoms with E-state index in [0.29, 0.717) is 6.54 Å². The van der Waals surface area contributed by atoms with Gasteiger partial charge < -0.3 is 10.3 Å². The first-order chi connectivity index (χ1) is 9.85. The van der Waals surface area contributed by atoms with Crippen molar-refractivity contribution in [2.45, 2.75) is 37.8 Å². The number of hydrogen-bond acceptors (Lipinski definition) is 5. The van der Waals surface area contributed by atoms with Gasteiger partial charge in [0.05, 0.1) is 10.4 Å². The molecule has 3 N–H and O–H groups in total. The molecule has 8 heteroatoms. The van der Waals surface area contributed by atoms with Crippen LogP contribution in [0, 0.1) is 0 Å². The van der Waals surface area contributed by atoms with E-state index in [-0.39, 0.29) is 4.90 Å². The molecule has 0 fully saturated rings. The highest BCUT2D eigenvalue weighted by Gasteiger charge is 2.30. The van der Waals surface area contributed by atoms with E-state index in [1.807, 2.05) is 12.3 Å². The molecule has 0 aliphatic heterocycles. The van der Waals surface area contributed by atoms with Gasteiger partial charge in [0.25, 0.3) is 0 Å². The molecule has 0 aromatic carbocycles. The SMILES string of the molecule is CCNCc1cc(S(=O)(=O)NC(C)(C)c2nccs2)c[nH]1. The van der Waals surface area contributed by atoms with Gasteiger partial charge in [0, 0.05) is 30.0 Å². The molecule has 0 saturated carbocycles. The summed E-state index contributed by atoms with van der Waals surface area (Å²) in [5.41, 5.74) is 0.0933. The summed E-state index contributed by atoms with van der Waals surface area (Å²) in [6.07, 6.45) is 3.17. The minimum absolute atomic E-state index is 0.236. The predicted octanol–water partition coefficient (Wildman–Crippen LogP) is 1.79. The van der Waals surface area contributed by atoms with Gasteiger partial charge >= 0.3 is 0 Å². The van der Waals surface area contributed by atoms with E-state index >= 15 is 0 Å². The molecule has 0 aliphatic rings. The summed E-state index contributed by atoms with van der Waals surface area (Å²) in [4.78, 5) is 7.39. The third-order valence-electron chi connectivity index (χ3n) is 2.95. The highest BCUT2D eigenvalue weighted by atomic mass is 32.2. The van der Waals surface area contributed by atoms with E-state index in [9.17, 15) is 8.42 Å². The number of thiazole rings is 1. The lowest BCUT2D eigenvalue weighted by Crippen LogP contribution is -2.40. The Labute approximate surface area is 129 Å². The van der Waals surface area contributed by atoms with Crippen molar-refractivity contribution in [3.05, 3.63) is 34.5 Å². The van der Waals surface area contributed by atoms with Crippen LogP contribution in [0.3, 0.4) is 0 Å². The van der Waals surface area contributed by atoms with Gasteiger partial charge in [-0.1, -0.05) is 6.92 Å². The molecule has 0 spiro atoms. The maximum atomic E-state index is 12.5. The van der Waals surface area contributed by atoms with Gasteiger partial charge in [0.2, 0.25) is 10.0 Å². The largest absolute Gasteiger partial charge is 0.363 e. The molecule has 0 aliphatic carbocycles. The molecule has 21 heavy (non-hydrogen) atoms. The summed E-state index contributed by atoms with van der Waals surface area (Å²) in [5.74, 6) is 0. The van der Waals surface area contributed by atoms with Crippen LogP contribution in [0.2, 0.25) is 0 Å². The Morgan fingerprint density at radius 2 is 2.19 bits per heavy atom. The summed E-state index contributed by atoms with van der Waals surface area (Å²) >= 11 is 1.43. The first-order valence-corrected chi connectivity index (χ1v) is 9.03. The number of sulfonamides is 1. The van der Waals surface area contributed by atoms with Crippen LogP contribution in [0.4, 0.5) is 0 Å². The zero-order valence-electron chi connectivity index (χ0n) is 12.3. The number of rotatable bonds is 7. The maximum Gasteiger partial charge on any atom is 0.242 e. The molecule has 2 aromatic rings. The van der Waals surface area contributed by atoms with Crippen LogP contribution in [0.25, 0.3) is 0 Å². The van der Waals surface area contributed by atoms with Crippen molar-refractivity contribution in [1.82, 2.24) is 20.0 Å². The number of H-pyrrole nitrogens is 1. The van der Waals surface area contributed by atoms with Gasteiger partial charge in [-0.2, -0.15) is 4.72 Å². The van der Waals surface area contributed by atoms with Gasteiger partial charge in [-0.25, -0.2) is 13.4 Å². The van der Waals surface area contributed by atoms with Gasteiger partial charge in [-0.05, 0) is 26.5 Å². The number of nitrogens with zero attached hydrogens (tertiary/aromatic N) is 1. The first kappa shape index (κ1) is 16.2. The topological polar surface area (TPSA) is 86.9 Å². The highest BCUT2D eigenvalue weighted by Crippen LogP contribution is 2.25. The molecule has 0 bridgehead atoms. The van der Waals surface area contributed by atoms with Crippen molar-refractivity contribution >= 4 is 21.4 Å². The van der Waals surface area contributed by atoms with Crippen molar-refractivity contribution in [3.63, 3.8) is 0 Å². The molecule has 2 heterocycles. The summed E-state index contributed by atoms with van der Waals surface area (Å²) in [5, 5.41) is 5.71. The Bertz CT molecular complexity index is 675. The fourth-order valence-electron chi connectivity index (χ4n) is 1.91. The fraction of sp³-hybridized carbons (Fsp3) is 0.462. The van der Waals surface area contributed by atoms with Crippen molar-refractivity contribution in [1.29, 1.82) is 0 Å². The lowest BCUT2D eigenvalue weighted by molar-refractivity contribution is 0.470. The van der Waals surface area contributed by atoms with Crippen molar-refractivity contribution < 1.29 is 8.42 Å². The first-order valence-electron chi connectivity index (χ1n) is 6.67. The van der Waals surface area contributed by atoms with Gasteiger partial charge in [-0.3, -0.25) is 0 Å². The summed E-state index contributed by atoms with van der Waals surface area (Å²) in [6, 6.07) is 1.64. The average molecular weight is 328 g/mol. The third kappa shape index (κ3) is 3.91. The molecular weight excluding hydrogens is 308 g/mol. The Kier molecular flexibility index (Phi) is 4.82. The Balaban J connectivity index is 2.16. The average Bonchev–Trinajstić information content (AvgIpc) is 3.06. The smallest absolute Gasteiger partial charge is 0.242 e. The van der Waals surface area contributed by atoms with E-state index in [4.69, 9.17) is 0 Å². The highest BCUT2D eigenvalue weighted by molar-refractivity contribution is 7.89. The van der Waals surface area contributed by atoms with Gasteiger partial charge in [0.15, 0.2) is 0 Å². The van der Waals surface area contributed by atoms with Crippen molar-refractivity contribution in [2.24, 2.45) is 0 Å². The number of nitrogens with one attached hydrogen (secondary N) is 3. The molecule has 2 aromatic heterocycles. The Morgan fingerprint density at radius 3 is 2.81 bits per heavy atom. The zero-order chi connectivity index (χ0) is 15.5. The molecule has 0 saturated heterocycles. The van der Waals surface area contributed by atoms with Crippen LogP contribution in [0.1, 0.15) is 31.5 Å². The number of hydrogen-bond donors (Lipinski definition) is 3. The van der Waals surface area contributed by atoms with Gasteiger partial charge in [0.1, 0.15) is 5.01 Å². The van der Waals surface area contributed by atoms with E-state index in [2.05, 4.69) is 20.0 Å². The van der Waals surface area contributed by atoms with Crippen LogP contribution < -0.4 is 10.0 Å². The second kappa shape index (κ2) is 6.27. The number of aromatic amines is 1. The zero-order valence-corrected chi connectivity index (χ0v) is 13.9. The third-order valence-corrected chi connectivity index (χ3v) is 5.68. The van der Waals surface area contributed by atoms with Gasteiger partial charge in [-0.15, -0.1) is 11.3 Å². The minimum Gasteiger partial charge on any atom is -0.363 e. The van der Waals surface area contributed by atoms with Crippen LogP contribution >= 0.6 is 11.3 Å². The molecular formula is C13H20N4O2S2. The normalized spacial score (nSPS) is 12.7. The van der Waals surface area contributed by atoms with E-state index < -0.39 is 15.6 Å². The summed E-state index contributed by atoms with van der Waals surface area (Å²) in [6.45, 7) is 7.04. The van der Waals surface area contributed by atoms with E-state index in [1.165, 1.54) is 17.5 Å². The lowest BCUT2D eigenvalue weighted by atomic mass is 10.1. The Hall–Kier alpha value is -1.22. The van der Waals surface area contributed by atoms with Crippen LogP contribution in [-0.4, -0.2) is 24.9 Å². The van der Waals surface area contributed by atoms with E-state index in [1.54, 1.807) is 26.1 Å². The lowest BCUT2D eigenvalue weighted by Gasteiger charge is -2.23.